The number of nitrogens with one attached hydrogen (secondary N) is 1. The van der Waals surface area contributed by atoms with E-state index in [2.05, 4.69) is 24.4 Å². The highest BCUT2D eigenvalue weighted by molar-refractivity contribution is 7.92. The average Bonchev–Trinajstić information content (AvgIpc) is 2.83. The Bertz CT molecular complexity index is 1250. The summed E-state index contributed by atoms with van der Waals surface area (Å²) >= 11 is 0. The zero-order valence-corrected chi connectivity index (χ0v) is 21.2. The summed E-state index contributed by atoms with van der Waals surface area (Å²) in [5.74, 6) is 0.630. The number of amides is 1. The number of carbonyl (C=O) groups excluding carboxylic acids is 1. The van der Waals surface area contributed by atoms with Gasteiger partial charge >= 0.3 is 0 Å². The molecule has 3 rings (SSSR count). The van der Waals surface area contributed by atoms with Crippen LogP contribution in [0.25, 0.3) is 0 Å². The smallest absolute Gasteiger partial charge is 0.264 e. The molecule has 8 heteroatoms. The van der Waals surface area contributed by atoms with Crippen LogP contribution in [0.2, 0.25) is 0 Å². The quantitative estimate of drug-likeness (QED) is 0.328. The molecular formula is C27H31N3O4S. The van der Waals surface area contributed by atoms with Crippen molar-refractivity contribution in [2.24, 2.45) is 11.0 Å². The van der Waals surface area contributed by atoms with Crippen molar-refractivity contribution >= 4 is 27.8 Å². The van der Waals surface area contributed by atoms with E-state index >= 15 is 0 Å². The summed E-state index contributed by atoms with van der Waals surface area (Å²) in [7, 11) is -3.97. The minimum Gasteiger partial charge on any atom is -0.493 e. The molecule has 0 saturated heterocycles. The van der Waals surface area contributed by atoms with Gasteiger partial charge in [0, 0.05) is 0 Å². The van der Waals surface area contributed by atoms with Crippen LogP contribution in [-0.4, -0.2) is 33.7 Å². The maximum Gasteiger partial charge on any atom is 0.264 e. The van der Waals surface area contributed by atoms with E-state index in [4.69, 9.17) is 4.74 Å². The van der Waals surface area contributed by atoms with Crippen LogP contribution in [0.15, 0.2) is 82.8 Å². The van der Waals surface area contributed by atoms with Gasteiger partial charge in [0.15, 0.2) is 0 Å². The van der Waals surface area contributed by atoms with Gasteiger partial charge in [-0.05, 0) is 73.9 Å². The monoisotopic (exact) mass is 493 g/mol. The molecule has 0 radical (unpaired) electrons. The lowest BCUT2D eigenvalue weighted by Gasteiger charge is -2.24. The first-order chi connectivity index (χ1) is 16.6. The molecule has 0 saturated carbocycles. The van der Waals surface area contributed by atoms with Gasteiger partial charge in [-0.15, -0.1) is 0 Å². The number of benzene rings is 3. The highest BCUT2D eigenvalue weighted by Crippen LogP contribution is 2.24. The van der Waals surface area contributed by atoms with Crippen molar-refractivity contribution in [1.29, 1.82) is 0 Å². The van der Waals surface area contributed by atoms with Crippen molar-refractivity contribution in [3.8, 4) is 5.75 Å². The molecule has 0 aliphatic carbocycles. The first-order valence-corrected chi connectivity index (χ1v) is 12.8. The number of hydrogen-bond donors (Lipinski definition) is 1. The number of hydrogen-bond acceptors (Lipinski definition) is 5. The van der Waals surface area contributed by atoms with E-state index in [0.29, 0.717) is 18.2 Å². The third-order valence-electron chi connectivity index (χ3n) is 5.08. The molecule has 0 atom stereocenters. The van der Waals surface area contributed by atoms with Gasteiger partial charge in [0.1, 0.15) is 12.3 Å². The third kappa shape index (κ3) is 7.42. The molecule has 0 bridgehead atoms. The third-order valence-corrected chi connectivity index (χ3v) is 6.87. The van der Waals surface area contributed by atoms with E-state index < -0.39 is 22.5 Å². The van der Waals surface area contributed by atoms with Gasteiger partial charge in [-0.25, -0.2) is 13.8 Å². The molecule has 0 aromatic heterocycles. The van der Waals surface area contributed by atoms with Crippen molar-refractivity contribution in [3.63, 3.8) is 0 Å². The molecule has 1 N–H and O–H groups in total. The van der Waals surface area contributed by atoms with Gasteiger partial charge in [-0.3, -0.25) is 9.10 Å². The number of aryl methyl sites for hydroxylation is 2. The number of anilines is 1. The van der Waals surface area contributed by atoms with Crippen LogP contribution >= 0.6 is 0 Å². The number of ether oxygens (including phenoxy) is 1. The second-order valence-corrected chi connectivity index (χ2v) is 10.6. The Morgan fingerprint density at radius 1 is 0.943 bits per heavy atom. The van der Waals surface area contributed by atoms with E-state index in [1.807, 2.05) is 38.1 Å². The highest BCUT2D eigenvalue weighted by atomic mass is 32.2. The molecule has 35 heavy (non-hydrogen) atoms. The first kappa shape index (κ1) is 26.0. The molecule has 0 aliphatic rings. The van der Waals surface area contributed by atoms with E-state index in [-0.39, 0.29) is 4.90 Å². The zero-order chi connectivity index (χ0) is 25.4. The fourth-order valence-electron chi connectivity index (χ4n) is 3.12. The van der Waals surface area contributed by atoms with E-state index in [1.165, 1.54) is 18.3 Å². The Morgan fingerprint density at radius 2 is 1.51 bits per heavy atom. The van der Waals surface area contributed by atoms with Gasteiger partial charge in [0.05, 0.1) is 23.4 Å². The van der Waals surface area contributed by atoms with Crippen LogP contribution in [-0.2, 0) is 14.8 Å². The van der Waals surface area contributed by atoms with Gasteiger partial charge in [-0.2, -0.15) is 5.10 Å². The predicted octanol–water partition coefficient (Wildman–Crippen LogP) is 4.68. The van der Waals surface area contributed by atoms with Crippen LogP contribution in [0.4, 0.5) is 5.69 Å². The lowest BCUT2D eigenvalue weighted by atomic mass is 10.2. The van der Waals surface area contributed by atoms with Crippen LogP contribution in [0.1, 0.15) is 30.5 Å². The maximum absolute atomic E-state index is 13.4. The lowest BCUT2D eigenvalue weighted by Crippen LogP contribution is -2.39. The normalized spacial score (nSPS) is 11.6. The topological polar surface area (TPSA) is 88.1 Å². The summed E-state index contributed by atoms with van der Waals surface area (Å²) in [6.45, 7) is 8.16. The second kappa shape index (κ2) is 11.7. The van der Waals surface area contributed by atoms with Crippen molar-refractivity contribution in [2.45, 2.75) is 32.6 Å². The minimum atomic E-state index is -3.97. The van der Waals surface area contributed by atoms with Crippen molar-refractivity contribution in [3.05, 3.63) is 89.5 Å². The minimum absolute atomic E-state index is 0.111. The van der Waals surface area contributed by atoms with E-state index in [0.717, 1.165) is 26.7 Å². The Morgan fingerprint density at radius 3 is 2.09 bits per heavy atom. The molecule has 0 fully saturated rings. The van der Waals surface area contributed by atoms with Gasteiger partial charge in [0.25, 0.3) is 15.9 Å². The Hall–Kier alpha value is -3.65. The average molecular weight is 494 g/mol. The first-order valence-electron chi connectivity index (χ1n) is 11.4. The Kier molecular flexibility index (Phi) is 8.65. The SMILES string of the molecule is Cc1ccc(N(CC(=O)N/N=C\c2ccc(OCC(C)C)cc2)S(=O)(=O)c2ccc(C)cc2)cc1. The fourth-order valence-corrected chi connectivity index (χ4v) is 4.54. The maximum atomic E-state index is 13.4. The largest absolute Gasteiger partial charge is 0.493 e. The summed E-state index contributed by atoms with van der Waals surface area (Å²) in [6.07, 6.45) is 1.49. The van der Waals surface area contributed by atoms with Crippen LogP contribution in [0.5, 0.6) is 5.75 Å². The molecule has 1 amide bonds. The van der Waals surface area contributed by atoms with Crippen LogP contribution in [0, 0.1) is 19.8 Å². The predicted molar refractivity (Wildman–Crippen MR) is 139 cm³/mol. The Labute approximate surface area is 207 Å². The molecule has 0 unspecified atom stereocenters. The zero-order valence-electron chi connectivity index (χ0n) is 20.4. The number of sulfonamides is 1. The molecule has 7 nitrogen and oxygen atoms in total. The summed E-state index contributed by atoms with van der Waals surface area (Å²) in [5, 5.41) is 3.99. The Balaban J connectivity index is 1.72. The number of rotatable bonds is 10. The molecule has 184 valence electrons. The summed E-state index contributed by atoms with van der Waals surface area (Å²) in [6, 6.07) is 20.8. The summed E-state index contributed by atoms with van der Waals surface area (Å²) in [4.78, 5) is 12.8. The lowest BCUT2D eigenvalue weighted by molar-refractivity contribution is -0.119. The number of nitrogens with zero attached hydrogens (tertiary/aromatic N) is 2. The van der Waals surface area contributed by atoms with Crippen molar-refractivity contribution in [2.75, 3.05) is 17.5 Å². The van der Waals surface area contributed by atoms with Gasteiger partial charge in [-0.1, -0.05) is 49.2 Å². The second-order valence-electron chi connectivity index (χ2n) is 8.73. The molecule has 0 aliphatic heterocycles. The molecular weight excluding hydrogens is 462 g/mol. The standard InChI is InChI=1S/C27H31N3O4S/c1-20(2)19-34-25-13-9-23(10-14-25)17-28-29-27(31)18-30(24-11-5-21(3)6-12-24)35(32,33)26-15-7-22(4)8-16-26/h5-17,20H,18-19H2,1-4H3,(H,29,31)/b28-17-. The van der Waals surface area contributed by atoms with E-state index in [9.17, 15) is 13.2 Å². The van der Waals surface area contributed by atoms with E-state index in [1.54, 1.807) is 36.4 Å². The molecule has 0 heterocycles. The van der Waals surface area contributed by atoms with Crippen LogP contribution in [0.3, 0.4) is 0 Å². The van der Waals surface area contributed by atoms with Crippen LogP contribution < -0.4 is 14.5 Å². The number of carbonyl (C=O) groups is 1. The summed E-state index contributed by atoms with van der Waals surface area (Å²) in [5.41, 5.74) is 5.51. The molecule has 0 spiro atoms. The van der Waals surface area contributed by atoms with Gasteiger partial charge < -0.3 is 4.74 Å². The number of hydrazone groups is 1. The van der Waals surface area contributed by atoms with Crippen molar-refractivity contribution in [1.82, 2.24) is 5.43 Å². The highest BCUT2D eigenvalue weighted by Gasteiger charge is 2.27. The molecule has 3 aromatic rings. The van der Waals surface area contributed by atoms with Gasteiger partial charge in [0.2, 0.25) is 0 Å². The summed E-state index contributed by atoms with van der Waals surface area (Å²) < 4.78 is 33.5. The molecule has 3 aromatic carbocycles. The van der Waals surface area contributed by atoms with Crippen molar-refractivity contribution < 1.29 is 17.9 Å². The fraction of sp³-hybridized carbons (Fsp3) is 0.259.